The molecule has 160 valence electrons. The first kappa shape index (κ1) is 21.8. The third-order valence-electron chi connectivity index (χ3n) is 4.73. The third-order valence-corrected chi connectivity index (χ3v) is 5.74. The zero-order valence-corrected chi connectivity index (χ0v) is 18.9. The number of anilines is 1. The van der Waals surface area contributed by atoms with Crippen molar-refractivity contribution in [3.63, 3.8) is 0 Å². The van der Waals surface area contributed by atoms with Gasteiger partial charge in [-0.1, -0.05) is 70.0 Å². The SMILES string of the molecule is O=C1NC(=O)N(c2cccc(Cl)c2)C(=O)/C1=C/c1ccccc1OCc1ccccc1Br. The van der Waals surface area contributed by atoms with Crippen molar-refractivity contribution in [1.29, 1.82) is 0 Å². The van der Waals surface area contributed by atoms with E-state index < -0.39 is 17.8 Å². The summed E-state index contributed by atoms with van der Waals surface area (Å²) < 4.78 is 6.86. The number of carbonyl (C=O) groups excluding carboxylic acids is 3. The van der Waals surface area contributed by atoms with Gasteiger partial charge in [0.1, 0.15) is 17.9 Å². The van der Waals surface area contributed by atoms with E-state index in [-0.39, 0.29) is 17.9 Å². The van der Waals surface area contributed by atoms with Crippen molar-refractivity contribution in [3.05, 3.63) is 99.0 Å². The van der Waals surface area contributed by atoms with E-state index in [0.717, 1.165) is 14.9 Å². The molecular formula is C24H16BrClN2O4. The summed E-state index contributed by atoms with van der Waals surface area (Å²) in [6, 6.07) is 20.1. The van der Waals surface area contributed by atoms with Crippen molar-refractivity contribution in [2.75, 3.05) is 4.90 Å². The molecule has 8 heteroatoms. The van der Waals surface area contributed by atoms with E-state index in [2.05, 4.69) is 21.2 Å². The fourth-order valence-corrected chi connectivity index (χ4v) is 3.75. The number of para-hydroxylation sites is 1. The predicted octanol–water partition coefficient (Wildman–Crippen LogP) is 5.35. The summed E-state index contributed by atoms with van der Waals surface area (Å²) in [6.07, 6.45) is 1.41. The highest BCUT2D eigenvalue weighted by Gasteiger charge is 2.37. The van der Waals surface area contributed by atoms with Crippen molar-refractivity contribution in [2.45, 2.75) is 6.61 Å². The second kappa shape index (κ2) is 9.38. The Kier molecular flexibility index (Phi) is 6.39. The van der Waals surface area contributed by atoms with Gasteiger partial charge in [-0.05, 0) is 36.4 Å². The summed E-state index contributed by atoms with van der Waals surface area (Å²) in [5, 5.41) is 2.56. The number of hydrogen-bond donors (Lipinski definition) is 1. The number of barbiturate groups is 1. The van der Waals surface area contributed by atoms with Gasteiger partial charge in [0.2, 0.25) is 0 Å². The third kappa shape index (κ3) is 4.59. The molecule has 1 N–H and O–H groups in total. The lowest BCUT2D eigenvalue weighted by Crippen LogP contribution is -2.54. The van der Waals surface area contributed by atoms with Crippen LogP contribution >= 0.6 is 27.5 Å². The summed E-state index contributed by atoms with van der Waals surface area (Å²) >= 11 is 9.49. The minimum Gasteiger partial charge on any atom is -0.488 e. The molecule has 1 aliphatic heterocycles. The van der Waals surface area contributed by atoms with E-state index in [1.807, 2.05) is 24.3 Å². The fourth-order valence-electron chi connectivity index (χ4n) is 3.16. The number of carbonyl (C=O) groups is 3. The molecule has 0 atom stereocenters. The number of imide groups is 2. The molecular weight excluding hydrogens is 496 g/mol. The highest BCUT2D eigenvalue weighted by atomic mass is 79.9. The second-order valence-electron chi connectivity index (χ2n) is 6.86. The zero-order valence-electron chi connectivity index (χ0n) is 16.5. The monoisotopic (exact) mass is 510 g/mol. The number of amides is 4. The summed E-state index contributed by atoms with van der Waals surface area (Å²) in [5.41, 5.74) is 1.54. The molecule has 0 saturated carbocycles. The highest BCUT2D eigenvalue weighted by molar-refractivity contribution is 9.10. The molecule has 1 aliphatic rings. The molecule has 0 aliphatic carbocycles. The summed E-state index contributed by atoms with van der Waals surface area (Å²) in [7, 11) is 0. The topological polar surface area (TPSA) is 75.7 Å². The van der Waals surface area contributed by atoms with Crippen LogP contribution in [0, 0.1) is 0 Å². The number of halogens is 2. The lowest BCUT2D eigenvalue weighted by molar-refractivity contribution is -0.122. The summed E-state index contributed by atoms with van der Waals surface area (Å²) in [6.45, 7) is 0.287. The van der Waals surface area contributed by atoms with Gasteiger partial charge in [0.15, 0.2) is 0 Å². The smallest absolute Gasteiger partial charge is 0.335 e. The van der Waals surface area contributed by atoms with Gasteiger partial charge < -0.3 is 4.74 Å². The van der Waals surface area contributed by atoms with E-state index in [1.165, 1.54) is 12.1 Å². The van der Waals surface area contributed by atoms with Crippen molar-refractivity contribution in [2.24, 2.45) is 0 Å². The minimum atomic E-state index is -0.835. The van der Waals surface area contributed by atoms with Crippen molar-refractivity contribution in [1.82, 2.24) is 5.32 Å². The van der Waals surface area contributed by atoms with E-state index >= 15 is 0 Å². The first-order valence-electron chi connectivity index (χ1n) is 9.56. The average molecular weight is 512 g/mol. The number of hydrogen-bond acceptors (Lipinski definition) is 4. The van der Waals surface area contributed by atoms with Crippen LogP contribution in [0.4, 0.5) is 10.5 Å². The maximum absolute atomic E-state index is 13.1. The Morgan fingerprint density at radius 1 is 0.969 bits per heavy atom. The quantitative estimate of drug-likeness (QED) is 0.370. The molecule has 0 spiro atoms. The van der Waals surface area contributed by atoms with Crippen LogP contribution in [0.15, 0.2) is 82.8 Å². The van der Waals surface area contributed by atoms with E-state index in [0.29, 0.717) is 16.3 Å². The fraction of sp³-hybridized carbons (Fsp3) is 0.0417. The number of benzene rings is 3. The number of nitrogens with zero attached hydrogens (tertiary/aromatic N) is 1. The molecule has 0 aromatic heterocycles. The first-order valence-corrected chi connectivity index (χ1v) is 10.7. The first-order chi connectivity index (χ1) is 15.4. The molecule has 32 heavy (non-hydrogen) atoms. The largest absolute Gasteiger partial charge is 0.488 e. The van der Waals surface area contributed by atoms with Crippen LogP contribution in [0.3, 0.4) is 0 Å². The van der Waals surface area contributed by atoms with Gasteiger partial charge in [-0.25, -0.2) is 9.69 Å². The molecule has 3 aromatic rings. The van der Waals surface area contributed by atoms with Gasteiger partial charge in [0.25, 0.3) is 11.8 Å². The normalized spacial score (nSPS) is 15.1. The van der Waals surface area contributed by atoms with Gasteiger partial charge in [0, 0.05) is 20.6 Å². The Bertz CT molecular complexity index is 1260. The van der Waals surface area contributed by atoms with Gasteiger partial charge in [-0.3, -0.25) is 14.9 Å². The molecule has 0 unspecified atom stereocenters. The van der Waals surface area contributed by atoms with Crippen LogP contribution in [0.5, 0.6) is 5.75 Å². The minimum absolute atomic E-state index is 0.193. The molecule has 3 aromatic carbocycles. The van der Waals surface area contributed by atoms with Gasteiger partial charge in [-0.15, -0.1) is 0 Å². The van der Waals surface area contributed by atoms with Crippen molar-refractivity contribution in [3.8, 4) is 5.75 Å². The number of nitrogens with one attached hydrogen (secondary N) is 1. The van der Waals surface area contributed by atoms with Gasteiger partial charge in [-0.2, -0.15) is 0 Å². The van der Waals surface area contributed by atoms with Gasteiger partial charge >= 0.3 is 6.03 Å². The molecule has 1 heterocycles. The molecule has 1 saturated heterocycles. The second-order valence-corrected chi connectivity index (χ2v) is 8.15. The maximum Gasteiger partial charge on any atom is 0.335 e. The molecule has 4 rings (SSSR count). The predicted molar refractivity (Wildman–Crippen MR) is 125 cm³/mol. The standard InChI is InChI=1S/C24H16BrClN2O4/c25-20-10-3-1-7-16(20)14-32-21-11-4-2-6-15(21)12-19-22(29)27-24(31)28(23(19)30)18-9-5-8-17(26)13-18/h1-13H,14H2,(H,27,29,31)/b19-12+. The Labute approximate surface area is 197 Å². The summed E-state index contributed by atoms with van der Waals surface area (Å²) in [5.74, 6) is -1.04. The van der Waals surface area contributed by atoms with E-state index in [1.54, 1.807) is 42.5 Å². The van der Waals surface area contributed by atoms with Crippen LogP contribution in [-0.2, 0) is 16.2 Å². The molecule has 4 amide bonds. The van der Waals surface area contributed by atoms with Crippen LogP contribution in [0.2, 0.25) is 5.02 Å². The molecule has 1 fully saturated rings. The Morgan fingerprint density at radius 2 is 1.72 bits per heavy atom. The lowest BCUT2D eigenvalue weighted by Gasteiger charge is -2.26. The van der Waals surface area contributed by atoms with E-state index in [9.17, 15) is 14.4 Å². The summed E-state index contributed by atoms with van der Waals surface area (Å²) in [4.78, 5) is 38.8. The Hall–Kier alpha value is -3.42. The zero-order chi connectivity index (χ0) is 22.7. The molecule has 0 bridgehead atoms. The van der Waals surface area contributed by atoms with Crippen LogP contribution < -0.4 is 15.0 Å². The lowest BCUT2D eigenvalue weighted by atomic mass is 10.1. The van der Waals surface area contributed by atoms with Crippen LogP contribution in [-0.4, -0.2) is 17.8 Å². The number of ether oxygens (including phenoxy) is 1. The number of rotatable bonds is 5. The Morgan fingerprint density at radius 3 is 2.50 bits per heavy atom. The molecule has 6 nitrogen and oxygen atoms in total. The van der Waals surface area contributed by atoms with Crippen LogP contribution in [0.25, 0.3) is 6.08 Å². The van der Waals surface area contributed by atoms with Crippen molar-refractivity contribution < 1.29 is 19.1 Å². The van der Waals surface area contributed by atoms with E-state index in [4.69, 9.17) is 16.3 Å². The number of urea groups is 1. The van der Waals surface area contributed by atoms with Gasteiger partial charge in [0.05, 0.1) is 5.69 Å². The highest BCUT2D eigenvalue weighted by Crippen LogP contribution is 2.27. The average Bonchev–Trinajstić information content (AvgIpc) is 2.77. The van der Waals surface area contributed by atoms with Crippen LogP contribution in [0.1, 0.15) is 11.1 Å². The maximum atomic E-state index is 13.1. The Balaban J connectivity index is 1.65. The molecule has 0 radical (unpaired) electrons. The van der Waals surface area contributed by atoms with Crippen molar-refractivity contribution >= 4 is 57.1 Å².